The highest BCUT2D eigenvalue weighted by atomic mass is 19.1. The predicted octanol–water partition coefficient (Wildman–Crippen LogP) is 6.23. The number of piperidine rings is 1. The van der Waals surface area contributed by atoms with E-state index < -0.39 is 29.3 Å². The van der Waals surface area contributed by atoms with Crippen LogP contribution in [0, 0.1) is 17.0 Å². The van der Waals surface area contributed by atoms with Crippen LogP contribution in [0.15, 0.2) is 60.7 Å². The van der Waals surface area contributed by atoms with E-state index in [0.717, 1.165) is 29.5 Å². The molecule has 1 spiro atoms. The fraction of sp³-hybridized carbons (Fsp3) is 0.457. The molecule has 0 saturated carbocycles. The first kappa shape index (κ1) is 30.5. The Bertz CT molecular complexity index is 1480. The molecule has 1 atom stereocenters. The van der Waals surface area contributed by atoms with Crippen LogP contribution in [0.5, 0.6) is 5.75 Å². The molecule has 3 aromatic carbocycles. The van der Waals surface area contributed by atoms with Gasteiger partial charge in [0.05, 0.1) is 12.6 Å². The number of alkyl halides is 1. The number of aliphatic carboxylic acids is 1. The Balaban J connectivity index is 1.27. The average Bonchev–Trinajstić information content (AvgIpc) is 2.95. The lowest BCUT2D eigenvalue weighted by Crippen LogP contribution is -2.63. The fourth-order valence-corrected chi connectivity index (χ4v) is 7.38. The molecule has 1 unspecified atom stereocenters. The monoisotopic (exact) mass is 607 g/mol. The van der Waals surface area contributed by atoms with Crippen LogP contribution < -0.4 is 9.64 Å². The van der Waals surface area contributed by atoms with Crippen molar-refractivity contribution in [3.63, 3.8) is 0 Å². The molecule has 3 aliphatic heterocycles. The van der Waals surface area contributed by atoms with Crippen molar-refractivity contribution in [2.45, 2.75) is 51.4 Å². The van der Waals surface area contributed by atoms with E-state index in [-0.39, 0.29) is 24.1 Å². The number of rotatable bonds is 9. The van der Waals surface area contributed by atoms with Gasteiger partial charge in [0, 0.05) is 55.9 Å². The van der Waals surface area contributed by atoms with Gasteiger partial charge in [0.2, 0.25) is 0 Å². The molecule has 6 nitrogen and oxygen atoms in total. The van der Waals surface area contributed by atoms with Crippen LogP contribution in [0.4, 0.5) is 18.9 Å². The lowest BCUT2D eigenvalue weighted by molar-refractivity contribution is -0.142. The second-order valence-corrected chi connectivity index (χ2v) is 13.4. The Labute approximate surface area is 257 Å². The minimum absolute atomic E-state index is 0.00932. The van der Waals surface area contributed by atoms with E-state index in [0.29, 0.717) is 57.2 Å². The summed E-state index contributed by atoms with van der Waals surface area (Å²) in [7, 11) is 0. The van der Waals surface area contributed by atoms with Crippen molar-refractivity contribution in [2.75, 3.05) is 50.7 Å². The standard InChI is InChI=1S/C35H40F3N3O3/c1-34(2,38)20-41-14-11-25-15-27(44-19-24-7-4-3-5-8-24)9-10-28(25)33(41)32-29(36)16-26(17-30(32)37)40-13-6-12-35(23-40)21-39(22-35)18-31(42)43/h3-5,7-10,15-17,33H,6,11-14,18-23H2,1-2H3,(H,42,43). The van der Waals surface area contributed by atoms with Crippen LogP contribution in [0.1, 0.15) is 55.0 Å². The van der Waals surface area contributed by atoms with Crippen LogP contribution in [-0.2, 0) is 17.8 Å². The van der Waals surface area contributed by atoms with Gasteiger partial charge in [-0.2, -0.15) is 0 Å². The Morgan fingerprint density at radius 3 is 2.43 bits per heavy atom. The molecule has 0 amide bonds. The van der Waals surface area contributed by atoms with Gasteiger partial charge in [-0.25, -0.2) is 13.2 Å². The smallest absolute Gasteiger partial charge is 0.317 e. The molecule has 1 N–H and O–H groups in total. The summed E-state index contributed by atoms with van der Waals surface area (Å²) in [5.41, 5.74) is 1.52. The molecular weight excluding hydrogens is 567 g/mol. The molecule has 2 saturated heterocycles. The summed E-state index contributed by atoms with van der Waals surface area (Å²) in [6.45, 7) is 6.52. The van der Waals surface area contributed by atoms with Gasteiger partial charge >= 0.3 is 5.97 Å². The average molecular weight is 608 g/mol. The Morgan fingerprint density at radius 2 is 1.75 bits per heavy atom. The first-order valence-corrected chi connectivity index (χ1v) is 15.4. The van der Waals surface area contributed by atoms with Gasteiger partial charge in [-0.3, -0.25) is 14.6 Å². The molecule has 2 fully saturated rings. The first-order valence-electron chi connectivity index (χ1n) is 15.4. The molecule has 0 radical (unpaired) electrons. The molecule has 3 heterocycles. The van der Waals surface area contributed by atoms with Crippen molar-refractivity contribution in [1.29, 1.82) is 0 Å². The van der Waals surface area contributed by atoms with E-state index in [4.69, 9.17) is 9.84 Å². The zero-order valence-electron chi connectivity index (χ0n) is 25.4. The van der Waals surface area contributed by atoms with Crippen molar-refractivity contribution in [2.24, 2.45) is 5.41 Å². The predicted molar refractivity (Wildman–Crippen MR) is 164 cm³/mol. The second-order valence-electron chi connectivity index (χ2n) is 13.4. The number of carbonyl (C=O) groups is 1. The van der Waals surface area contributed by atoms with E-state index in [1.54, 1.807) is 0 Å². The number of benzene rings is 3. The summed E-state index contributed by atoms with van der Waals surface area (Å²) in [6, 6.07) is 17.5. The Hall–Kier alpha value is -3.56. The number of ether oxygens (including phenoxy) is 1. The van der Waals surface area contributed by atoms with Crippen LogP contribution >= 0.6 is 0 Å². The van der Waals surface area contributed by atoms with Gasteiger partial charge in [0.15, 0.2) is 0 Å². The molecule has 234 valence electrons. The number of hydrogen-bond donors (Lipinski definition) is 1. The molecule has 6 rings (SSSR count). The van der Waals surface area contributed by atoms with E-state index in [9.17, 15) is 9.18 Å². The number of halogens is 3. The molecule has 0 aliphatic carbocycles. The lowest BCUT2D eigenvalue weighted by atomic mass is 9.73. The summed E-state index contributed by atoms with van der Waals surface area (Å²) in [4.78, 5) is 16.9. The van der Waals surface area contributed by atoms with E-state index in [1.807, 2.05) is 63.2 Å². The quantitative estimate of drug-likeness (QED) is 0.312. The summed E-state index contributed by atoms with van der Waals surface area (Å²) >= 11 is 0. The van der Waals surface area contributed by atoms with Crippen molar-refractivity contribution in [3.8, 4) is 5.75 Å². The van der Waals surface area contributed by atoms with Gasteiger partial charge in [0.1, 0.15) is 29.7 Å². The van der Waals surface area contributed by atoms with Crippen molar-refractivity contribution in [1.82, 2.24) is 9.80 Å². The van der Waals surface area contributed by atoms with Gasteiger partial charge in [-0.05, 0) is 74.1 Å². The Morgan fingerprint density at radius 1 is 1.02 bits per heavy atom. The van der Waals surface area contributed by atoms with Gasteiger partial charge in [0.25, 0.3) is 0 Å². The zero-order chi connectivity index (χ0) is 31.1. The summed E-state index contributed by atoms with van der Waals surface area (Å²) < 4.78 is 53.3. The van der Waals surface area contributed by atoms with Gasteiger partial charge in [-0.15, -0.1) is 0 Å². The highest BCUT2D eigenvalue weighted by Crippen LogP contribution is 2.43. The third-order valence-electron chi connectivity index (χ3n) is 9.11. The van der Waals surface area contributed by atoms with Crippen molar-refractivity contribution in [3.05, 3.63) is 94.6 Å². The summed E-state index contributed by atoms with van der Waals surface area (Å²) in [6.07, 6.45) is 2.45. The second kappa shape index (κ2) is 12.1. The SMILES string of the molecule is CC(C)(F)CN1CCc2cc(OCc3ccccc3)ccc2C1c1c(F)cc(N2CCCC3(CN(CC(=O)O)C3)C2)cc1F. The summed E-state index contributed by atoms with van der Waals surface area (Å²) in [5, 5.41) is 9.12. The summed E-state index contributed by atoms with van der Waals surface area (Å²) in [5.74, 6) is -1.47. The van der Waals surface area contributed by atoms with Crippen molar-refractivity contribution < 1.29 is 27.8 Å². The first-order chi connectivity index (χ1) is 21.0. The fourth-order valence-electron chi connectivity index (χ4n) is 7.38. The number of fused-ring (bicyclic) bond motifs is 1. The maximum absolute atomic E-state index is 16.1. The molecule has 44 heavy (non-hydrogen) atoms. The molecule has 0 aromatic heterocycles. The maximum atomic E-state index is 16.1. The zero-order valence-corrected chi connectivity index (χ0v) is 25.4. The highest BCUT2D eigenvalue weighted by molar-refractivity contribution is 5.69. The normalized spacial score (nSPS) is 20.3. The van der Waals surface area contributed by atoms with E-state index in [1.165, 1.54) is 26.0 Å². The van der Waals surface area contributed by atoms with Crippen molar-refractivity contribution >= 4 is 11.7 Å². The lowest BCUT2D eigenvalue weighted by Gasteiger charge is -2.54. The molecule has 3 aliphatic rings. The third kappa shape index (κ3) is 6.59. The van der Waals surface area contributed by atoms with E-state index >= 15 is 8.78 Å². The van der Waals surface area contributed by atoms with Gasteiger partial charge < -0.3 is 14.7 Å². The van der Waals surface area contributed by atoms with E-state index in [2.05, 4.69) is 0 Å². The molecule has 3 aromatic rings. The topological polar surface area (TPSA) is 56.2 Å². The van der Waals surface area contributed by atoms with Crippen LogP contribution in [-0.4, -0.2) is 72.4 Å². The van der Waals surface area contributed by atoms with Gasteiger partial charge in [-0.1, -0.05) is 36.4 Å². The molecule has 9 heteroatoms. The minimum atomic E-state index is -1.55. The number of likely N-dealkylation sites (tertiary alicyclic amines) is 1. The van der Waals surface area contributed by atoms with Crippen LogP contribution in [0.25, 0.3) is 0 Å². The Kier molecular flexibility index (Phi) is 8.37. The van der Waals surface area contributed by atoms with Crippen LogP contribution in [0.2, 0.25) is 0 Å². The highest BCUT2D eigenvalue weighted by Gasteiger charge is 2.46. The number of hydrogen-bond acceptors (Lipinski definition) is 5. The number of nitrogens with zero attached hydrogens (tertiary/aromatic N) is 3. The molecule has 0 bridgehead atoms. The maximum Gasteiger partial charge on any atom is 0.317 e. The molecular formula is C35H40F3N3O3. The minimum Gasteiger partial charge on any atom is -0.489 e. The number of carboxylic acid groups (broad SMARTS) is 1. The number of carboxylic acids is 1. The third-order valence-corrected chi connectivity index (χ3v) is 9.11. The van der Waals surface area contributed by atoms with Crippen LogP contribution in [0.3, 0.4) is 0 Å². The number of anilines is 1. The largest absolute Gasteiger partial charge is 0.489 e.